The van der Waals surface area contributed by atoms with Gasteiger partial charge in [0.05, 0.1) is 17.1 Å². The molecule has 1 aromatic heterocycles. The Morgan fingerprint density at radius 3 is 2.65 bits per heavy atom. The third kappa shape index (κ3) is 1.89. The fourth-order valence-corrected chi connectivity index (χ4v) is 2.04. The number of hydrogen-bond donors (Lipinski definition) is 0. The first-order valence-corrected chi connectivity index (χ1v) is 5.74. The molecular weight excluding hydrogens is 234 g/mol. The molecule has 1 heterocycles. The van der Waals surface area contributed by atoms with Crippen molar-refractivity contribution in [3.05, 3.63) is 59.1 Å². The van der Waals surface area contributed by atoms with E-state index in [-0.39, 0.29) is 0 Å². The molecule has 84 valence electrons. The molecule has 3 aromatic rings. The first-order chi connectivity index (χ1) is 8.34. The van der Waals surface area contributed by atoms with Crippen molar-refractivity contribution < 1.29 is 0 Å². The zero-order valence-electron chi connectivity index (χ0n) is 9.05. The van der Waals surface area contributed by atoms with Crippen LogP contribution in [0, 0.1) is 0 Å². The third-order valence-corrected chi connectivity index (χ3v) is 2.98. The lowest BCUT2D eigenvalue weighted by Gasteiger charge is -2.02. The molecule has 0 amide bonds. The Kier molecular flexibility index (Phi) is 2.53. The predicted molar refractivity (Wildman–Crippen MR) is 68.1 cm³/mol. The van der Waals surface area contributed by atoms with Crippen molar-refractivity contribution in [2.24, 2.45) is 0 Å². The van der Waals surface area contributed by atoms with Crippen LogP contribution in [0.5, 0.6) is 0 Å². The summed E-state index contributed by atoms with van der Waals surface area (Å²) in [5, 5.41) is 8.87. The van der Waals surface area contributed by atoms with Gasteiger partial charge in [-0.2, -0.15) is 0 Å². The van der Waals surface area contributed by atoms with Crippen molar-refractivity contribution >= 4 is 22.6 Å². The van der Waals surface area contributed by atoms with Crippen molar-refractivity contribution in [3.8, 4) is 0 Å². The number of fused-ring (bicyclic) bond motifs is 1. The van der Waals surface area contributed by atoms with Crippen molar-refractivity contribution in [3.63, 3.8) is 0 Å². The Labute approximate surface area is 104 Å². The minimum Gasteiger partial charge on any atom is -0.240 e. The van der Waals surface area contributed by atoms with E-state index in [1.54, 1.807) is 0 Å². The van der Waals surface area contributed by atoms with E-state index < -0.39 is 0 Å². The molecule has 4 heteroatoms. The minimum absolute atomic E-state index is 0.641. The maximum Gasteiger partial charge on any atom is 0.131 e. The molecule has 0 atom stereocenters. The Balaban J connectivity index is 2.05. The lowest BCUT2D eigenvalue weighted by Crippen LogP contribution is -2.01. The maximum absolute atomic E-state index is 6.06. The summed E-state index contributed by atoms with van der Waals surface area (Å²) >= 11 is 6.06. The van der Waals surface area contributed by atoms with Gasteiger partial charge in [-0.3, -0.25) is 0 Å². The summed E-state index contributed by atoms with van der Waals surface area (Å²) in [6.45, 7) is 0.706. The Hall–Kier alpha value is -1.87. The molecule has 3 rings (SSSR count). The fraction of sp³-hybridized carbons (Fsp3) is 0.0769. The number of aromatic nitrogens is 3. The van der Waals surface area contributed by atoms with Crippen molar-refractivity contribution in [2.75, 3.05) is 0 Å². The number of benzene rings is 2. The van der Waals surface area contributed by atoms with Gasteiger partial charge in [-0.15, -0.1) is 5.10 Å². The Morgan fingerprint density at radius 2 is 1.82 bits per heavy atom. The van der Waals surface area contributed by atoms with E-state index in [1.165, 1.54) is 5.56 Å². The molecule has 3 nitrogen and oxygen atoms in total. The van der Waals surface area contributed by atoms with Gasteiger partial charge in [0.2, 0.25) is 0 Å². The average Bonchev–Trinajstić information content (AvgIpc) is 2.76. The van der Waals surface area contributed by atoms with Gasteiger partial charge in [0.25, 0.3) is 0 Å². The summed E-state index contributed by atoms with van der Waals surface area (Å²) in [6.07, 6.45) is 0. The maximum atomic E-state index is 6.06. The molecule has 0 bridgehead atoms. The second-order valence-electron chi connectivity index (χ2n) is 3.84. The van der Waals surface area contributed by atoms with Crippen LogP contribution < -0.4 is 0 Å². The van der Waals surface area contributed by atoms with E-state index in [0.717, 1.165) is 11.0 Å². The summed E-state index contributed by atoms with van der Waals surface area (Å²) in [5.74, 6) is 0. The summed E-state index contributed by atoms with van der Waals surface area (Å²) in [7, 11) is 0. The normalized spacial score (nSPS) is 10.9. The van der Waals surface area contributed by atoms with Crippen LogP contribution in [0.2, 0.25) is 5.02 Å². The summed E-state index contributed by atoms with van der Waals surface area (Å²) < 4.78 is 1.86. The quantitative estimate of drug-likeness (QED) is 0.692. The molecule has 0 fully saturated rings. The van der Waals surface area contributed by atoms with E-state index in [4.69, 9.17) is 11.6 Å². The Morgan fingerprint density at radius 1 is 1.00 bits per heavy atom. The van der Waals surface area contributed by atoms with Gasteiger partial charge in [-0.25, -0.2) is 4.68 Å². The van der Waals surface area contributed by atoms with E-state index in [1.807, 2.05) is 41.1 Å². The third-order valence-electron chi connectivity index (χ3n) is 2.67. The highest BCUT2D eigenvalue weighted by molar-refractivity contribution is 6.34. The van der Waals surface area contributed by atoms with Crippen LogP contribution >= 0.6 is 11.6 Å². The fourth-order valence-electron chi connectivity index (χ4n) is 1.83. The second-order valence-corrected chi connectivity index (χ2v) is 4.25. The van der Waals surface area contributed by atoms with Gasteiger partial charge in [0, 0.05) is 0 Å². The highest BCUT2D eigenvalue weighted by atomic mass is 35.5. The lowest BCUT2D eigenvalue weighted by molar-refractivity contribution is 0.670. The standard InChI is InChI=1S/C13H10ClN3/c14-11-7-4-8-12-13(11)15-16-17(12)9-10-5-2-1-3-6-10/h1-8H,9H2. The number of halogens is 1. The lowest BCUT2D eigenvalue weighted by atomic mass is 10.2. The van der Waals surface area contributed by atoms with Gasteiger partial charge >= 0.3 is 0 Å². The van der Waals surface area contributed by atoms with Crippen LogP contribution in [0.4, 0.5) is 0 Å². The molecule has 0 aliphatic heterocycles. The molecule has 17 heavy (non-hydrogen) atoms. The largest absolute Gasteiger partial charge is 0.240 e. The number of rotatable bonds is 2. The van der Waals surface area contributed by atoms with Crippen LogP contribution in [-0.2, 0) is 6.54 Å². The molecule has 0 spiro atoms. The minimum atomic E-state index is 0.641. The second kappa shape index (κ2) is 4.18. The monoisotopic (exact) mass is 243 g/mol. The van der Waals surface area contributed by atoms with Gasteiger partial charge in [0.15, 0.2) is 0 Å². The van der Waals surface area contributed by atoms with E-state index in [9.17, 15) is 0 Å². The SMILES string of the molecule is Clc1cccc2c1nnn2Cc1ccccc1. The summed E-state index contributed by atoms with van der Waals surface area (Å²) in [4.78, 5) is 0. The summed E-state index contributed by atoms with van der Waals surface area (Å²) in [5.41, 5.74) is 2.91. The Bertz CT molecular complexity index is 646. The van der Waals surface area contributed by atoms with E-state index in [0.29, 0.717) is 11.6 Å². The highest BCUT2D eigenvalue weighted by Crippen LogP contribution is 2.20. The van der Waals surface area contributed by atoms with Gasteiger partial charge in [-0.1, -0.05) is 53.2 Å². The van der Waals surface area contributed by atoms with E-state index >= 15 is 0 Å². The van der Waals surface area contributed by atoms with Crippen LogP contribution in [0.3, 0.4) is 0 Å². The molecular formula is C13H10ClN3. The molecule has 0 radical (unpaired) electrons. The molecule has 0 unspecified atom stereocenters. The first kappa shape index (κ1) is 10.3. The highest BCUT2D eigenvalue weighted by Gasteiger charge is 2.07. The molecule has 2 aromatic carbocycles. The molecule has 0 aliphatic rings. The van der Waals surface area contributed by atoms with Crippen molar-refractivity contribution in [2.45, 2.75) is 6.54 Å². The molecule has 0 N–H and O–H groups in total. The average molecular weight is 244 g/mol. The van der Waals surface area contributed by atoms with Gasteiger partial charge in [-0.05, 0) is 17.7 Å². The van der Waals surface area contributed by atoms with Crippen molar-refractivity contribution in [1.29, 1.82) is 0 Å². The topological polar surface area (TPSA) is 30.7 Å². The van der Waals surface area contributed by atoms with Crippen molar-refractivity contribution in [1.82, 2.24) is 15.0 Å². The van der Waals surface area contributed by atoms with Crippen LogP contribution in [-0.4, -0.2) is 15.0 Å². The van der Waals surface area contributed by atoms with Gasteiger partial charge < -0.3 is 0 Å². The number of hydrogen-bond acceptors (Lipinski definition) is 2. The zero-order chi connectivity index (χ0) is 11.7. The van der Waals surface area contributed by atoms with Crippen LogP contribution in [0.1, 0.15) is 5.56 Å². The predicted octanol–water partition coefficient (Wildman–Crippen LogP) is 3.13. The van der Waals surface area contributed by atoms with Gasteiger partial charge in [0.1, 0.15) is 5.52 Å². The number of nitrogens with zero attached hydrogens (tertiary/aromatic N) is 3. The van der Waals surface area contributed by atoms with E-state index in [2.05, 4.69) is 22.4 Å². The smallest absolute Gasteiger partial charge is 0.131 e. The molecule has 0 saturated heterocycles. The summed E-state index contributed by atoms with van der Waals surface area (Å²) in [6, 6.07) is 15.9. The molecule has 0 aliphatic carbocycles. The van der Waals surface area contributed by atoms with Crippen LogP contribution in [0.15, 0.2) is 48.5 Å². The van der Waals surface area contributed by atoms with Crippen LogP contribution in [0.25, 0.3) is 11.0 Å². The first-order valence-electron chi connectivity index (χ1n) is 5.36. The zero-order valence-corrected chi connectivity index (χ0v) is 9.80. The molecule has 0 saturated carbocycles.